The van der Waals surface area contributed by atoms with Gasteiger partial charge in [-0.15, -0.1) is 0 Å². The number of hydrogen-bond donors (Lipinski definition) is 1. The Morgan fingerprint density at radius 2 is 1.95 bits per heavy atom. The molecule has 0 aliphatic rings. The number of aromatic nitrogens is 4. The molecule has 0 bridgehead atoms. The van der Waals surface area contributed by atoms with Crippen molar-refractivity contribution in [3.05, 3.63) is 53.1 Å². The molecule has 5 heteroatoms. The van der Waals surface area contributed by atoms with Crippen LogP contribution in [0.1, 0.15) is 5.56 Å². The summed E-state index contributed by atoms with van der Waals surface area (Å²) in [6.07, 6.45) is 3.52. The molecule has 0 aliphatic heterocycles. The van der Waals surface area contributed by atoms with Crippen molar-refractivity contribution in [1.82, 2.24) is 19.5 Å². The predicted octanol–water partition coefficient (Wildman–Crippen LogP) is 3.52. The second-order valence-corrected chi connectivity index (χ2v) is 5.03. The Labute approximate surface area is 122 Å². The Bertz CT molecular complexity index is 802. The van der Waals surface area contributed by atoms with E-state index in [0.29, 0.717) is 4.64 Å². The second-order valence-electron chi connectivity index (χ2n) is 4.65. The van der Waals surface area contributed by atoms with E-state index < -0.39 is 0 Å². The van der Waals surface area contributed by atoms with Crippen molar-refractivity contribution < 1.29 is 0 Å². The molecule has 0 spiro atoms. The molecular weight excluding hydrogens is 268 g/mol. The van der Waals surface area contributed by atoms with Crippen molar-refractivity contribution in [3.63, 3.8) is 0 Å². The maximum atomic E-state index is 5.38. The number of nitrogens with zero attached hydrogens (tertiary/aromatic N) is 3. The highest BCUT2D eigenvalue weighted by Crippen LogP contribution is 2.24. The van der Waals surface area contributed by atoms with Gasteiger partial charge in [0.15, 0.2) is 5.82 Å². The molecule has 20 heavy (non-hydrogen) atoms. The van der Waals surface area contributed by atoms with Gasteiger partial charge in [0.1, 0.15) is 10.3 Å². The summed E-state index contributed by atoms with van der Waals surface area (Å²) in [6, 6.07) is 10.1. The van der Waals surface area contributed by atoms with Crippen LogP contribution >= 0.6 is 12.2 Å². The van der Waals surface area contributed by atoms with Gasteiger partial charge >= 0.3 is 0 Å². The van der Waals surface area contributed by atoms with Crippen LogP contribution < -0.4 is 0 Å². The Morgan fingerprint density at radius 1 is 1.20 bits per heavy atom. The van der Waals surface area contributed by atoms with Crippen LogP contribution in [-0.4, -0.2) is 19.5 Å². The summed E-state index contributed by atoms with van der Waals surface area (Å²) in [7, 11) is 1.93. The number of hydrogen-bond acceptors (Lipinski definition) is 3. The van der Waals surface area contributed by atoms with E-state index in [9.17, 15) is 0 Å². The first-order valence-electron chi connectivity index (χ1n) is 6.30. The average Bonchev–Trinajstić information content (AvgIpc) is 2.89. The predicted molar refractivity (Wildman–Crippen MR) is 81.8 cm³/mol. The first-order valence-corrected chi connectivity index (χ1v) is 6.70. The van der Waals surface area contributed by atoms with Crippen LogP contribution in [0.5, 0.6) is 0 Å². The van der Waals surface area contributed by atoms with Crippen molar-refractivity contribution in [2.75, 3.05) is 0 Å². The van der Waals surface area contributed by atoms with E-state index in [0.717, 1.165) is 28.3 Å². The Hall–Kier alpha value is -2.27. The van der Waals surface area contributed by atoms with Gasteiger partial charge in [-0.1, -0.05) is 42.5 Å². The third-order valence-corrected chi connectivity index (χ3v) is 3.67. The summed E-state index contributed by atoms with van der Waals surface area (Å²) in [5.41, 5.74) is 3.99. The number of aromatic amines is 1. The van der Waals surface area contributed by atoms with Crippen LogP contribution in [0.25, 0.3) is 22.8 Å². The van der Waals surface area contributed by atoms with Crippen LogP contribution in [0.2, 0.25) is 0 Å². The SMILES string of the molecule is Cc1c(-c2ccccc2)[nH]c(-c2cncn2C)nc1=S. The van der Waals surface area contributed by atoms with Crippen molar-refractivity contribution in [1.29, 1.82) is 0 Å². The van der Waals surface area contributed by atoms with Crippen LogP contribution in [0.3, 0.4) is 0 Å². The quantitative estimate of drug-likeness (QED) is 0.732. The van der Waals surface area contributed by atoms with Gasteiger partial charge in [-0.25, -0.2) is 9.97 Å². The zero-order valence-electron chi connectivity index (χ0n) is 11.3. The van der Waals surface area contributed by atoms with E-state index in [4.69, 9.17) is 12.2 Å². The van der Waals surface area contributed by atoms with Crippen molar-refractivity contribution in [2.24, 2.45) is 7.05 Å². The molecule has 3 rings (SSSR count). The average molecular weight is 282 g/mol. The molecule has 0 saturated heterocycles. The zero-order chi connectivity index (χ0) is 14.1. The van der Waals surface area contributed by atoms with Crippen molar-refractivity contribution >= 4 is 12.2 Å². The van der Waals surface area contributed by atoms with Gasteiger partial charge in [0.2, 0.25) is 0 Å². The van der Waals surface area contributed by atoms with E-state index in [2.05, 4.69) is 27.1 Å². The molecule has 0 radical (unpaired) electrons. The van der Waals surface area contributed by atoms with Gasteiger partial charge in [-0.2, -0.15) is 0 Å². The molecule has 0 amide bonds. The highest BCUT2D eigenvalue weighted by Gasteiger charge is 2.10. The smallest absolute Gasteiger partial charge is 0.157 e. The molecule has 1 N–H and O–H groups in total. The molecule has 1 aromatic carbocycles. The first-order chi connectivity index (χ1) is 9.66. The van der Waals surface area contributed by atoms with E-state index in [1.54, 1.807) is 12.5 Å². The summed E-state index contributed by atoms with van der Waals surface area (Å²) in [5.74, 6) is 0.736. The number of rotatable bonds is 2. The Morgan fingerprint density at radius 3 is 2.60 bits per heavy atom. The lowest BCUT2D eigenvalue weighted by Crippen LogP contribution is -2.00. The summed E-state index contributed by atoms with van der Waals surface area (Å²) in [5, 5.41) is 0. The number of nitrogens with one attached hydrogen (secondary N) is 1. The lowest BCUT2D eigenvalue weighted by Gasteiger charge is -2.10. The largest absolute Gasteiger partial charge is 0.338 e. The normalized spacial score (nSPS) is 10.7. The topological polar surface area (TPSA) is 46.5 Å². The van der Waals surface area contributed by atoms with Gasteiger partial charge in [-0.05, 0) is 12.5 Å². The fourth-order valence-corrected chi connectivity index (χ4v) is 2.33. The molecule has 0 fully saturated rings. The van der Waals surface area contributed by atoms with Crippen LogP contribution in [0, 0.1) is 11.6 Å². The molecule has 3 aromatic rings. The molecule has 0 aliphatic carbocycles. The lowest BCUT2D eigenvalue weighted by atomic mass is 10.1. The van der Waals surface area contributed by atoms with Gasteiger partial charge in [0, 0.05) is 12.6 Å². The second kappa shape index (κ2) is 5.02. The van der Waals surface area contributed by atoms with Gasteiger partial charge in [-0.3, -0.25) is 0 Å². The number of imidazole rings is 1. The third-order valence-electron chi connectivity index (χ3n) is 3.27. The lowest BCUT2D eigenvalue weighted by molar-refractivity contribution is 0.906. The molecule has 0 atom stereocenters. The van der Waals surface area contributed by atoms with Gasteiger partial charge in [0.05, 0.1) is 18.2 Å². The molecular formula is C15H14N4S. The highest BCUT2D eigenvalue weighted by atomic mass is 32.1. The van der Waals surface area contributed by atoms with Crippen LogP contribution in [0.15, 0.2) is 42.9 Å². The molecule has 4 nitrogen and oxygen atoms in total. The van der Waals surface area contributed by atoms with E-state index in [1.807, 2.05) is 36.7 Å². The molecule has 0 saturated carbocycles. The van der Waals surface area contributed by atoms with Crippen molar-refractivity contribution in [3.8, 4) is 22.8 Å². The number of H-pyrrole nitrogens is 1. The molecule has 2 heterocycles. The van der Waals surface area contributed by atoms with Crippen LogP contribution in [0.4, 0.5) is 0 Å². The summed E-state index contributed by atoms with van der Waals surface area (Å²) in [4.78, 5) is 12.0. The van der Waals surface area contributed by atoms with Crippen molar-refractivity contribution in [2.45, 2.75) is 6.92 Å². The number of aryl methyl sites for hydroxylation is 1. The molecule has 100 valence electrons. The molecule has 2 aromatic heterocycles. The summed E-state index contributed by atoms with van der Waals surface area (Å²) < 4.78 is 2.52. The molecule has 0 unspecified atom stereocenters. The first kappa shape index (κ1) is 12.7. The summed E-state index contributed by atoms with van der Waals surface area (Å²) in [6.45, 7) is 1.99. The van der Waals surface area contributed by atoms with Gasteiger partial charge < -0.3 is 9.55 Å². The monoisotopic (exact) mass is 282 g/mol. The third kappa shape index (κ3) is 2.16. The zero-order valence-corrected chi connectivity index (χ0v) is 12.1. The Balaban J connectivity index is 2.24. The van der Waals surface area contributed by atoms with E-state index in [-0.39, 0.29) is 0 Å². The highest BCUT2D eigenvalue weighted by molar-refractivity contribution is 7.71. The minimum absolute atomic E-state index is 0.610. The number of benzene rings is 1. The van der Waals surface area contributed by atoms with Crippen LogP contribution in [-0.2, 0) is 7.05 Å². The summed E-state index contributed by atoms with van der Waals surface area (Å²) >= 11 is 5.38. The minimum atomic E-state index is 0.610. The van der Waals surface area contributed by atoms with E-state index >= 15 is 0 Å². The fraction of sp³-hybridized carbons (Fsp3) is 0.133. The fourth-order valence-electron chi connectivity index (χ4n) is 2.13. The standard InChI is InChI=1S/C15H14N4S/c1-10-13(11-6-4-3-5-7-11)17-14(18-15(10)20)12-8-16-9-19(12)2/h3-9H,1-2H3,(H,17,18,20). The van der Waals surface area contributed by atoms with Gasteiger partial charge in [0.25, 0.3) is 0 Å². The van der Waals surface area contributed by atoms with E-state index in [1.165, 1.54) is 0 Å². The minimum Gasteiger partial charge on any atom is -0.338 e. The Kier molecular flexibility index (Phi) is 3.20. The maximum absolute atomic E-state index is 5.38. The maximum Gasteiger partial charge on any atom is 0.157 e.